The second-order valence-corrected chi connectivity index (χ2v) is 9.85. The highest BCUT2D eigenvalue weighted by molar-refractivity contribution is 5.95. The number of aliphatic hydroxyl groups excluding tert-OH is 1. The molecule has 9 heteroatoms. The van der Waals surface area contributed by atoms with Gasteiger partial charge < -0.3 is 19.7 Å². The van der Waals surface area contributed by atoms with Crippen LogP contribution >= 0.6 is 0 Å². The van der Waals surface area contributed by atoms with Crippen molar-refractivity contribution in [2.75, 3.05) is 13.6 Å². The van der Waals surface area contributed by atoms with Crippen LogP contribution in [0.15, 0.2) is 57.1 Å². The summed E-state index contributed by atoms with van der Waals surface area (Å²) in [6, 6.07) is 0. The predicted octanol–water partition coefficient (Wildman–Crippen LogP) is 6.23. The van der Waals surface area contributed by atoms with E-state index < -0.39 is 17.1 Å². The van der Waals surface area contributed by atoms with Crippen molar-refractivity contribution in [3.63, 3.8) is 0 Å². The zero-order valence-corrected chi connectivity index (χ0v) is 22.6. The Morgan fingerprint density at radius 3 is 2.65 bits per heavy atom. The first-order valence-electron chi connectivity index (χ1n) is 12.4. The highest BCUT2D eigenvalue weighted by atomic mass is 19.1. The molecule has 0 aromatic carbocycles. The van der Waals surface area contributed by atoms with Gasteiger partial charge in [-0.3, -0.25) is 0 Å². The number of hydrogen-bond acceptors (Lipinski definition) is 7. The zero-order chi connectivity index (χ0) is 27.8. The average Bonchev–Trinajstić information content (AvgIpc) is 3.49. The lowest BCUT2D eigenvalue weighted by Gasteiger charge is -2.25. The molecule has 0 spiro atoms. The number of nitrogens with one attached hydrogen (secondary N) is 1. The molecule has 2 N–H and O–H groups in total. The molecule has 0 aliphatic heterocycles. The summed E-state index contributed by atoms with van der Waals surface area (Å²) >= 11 is 0. The van der Waals surface area contributed by atoms with Gasteiger partial charge in [-0.1, -0.05) is 17.7 Å². The Kier molecular flexibility index (Phi) is 10.8. The molecular formula is C28H38F2N4O3. The summed E-state index contributed by atoms with van der Waals surface area (Å²) in [5.74, 6) is 1.44. The van der Waals surface area contributed by atoms with Gasteiger partial charge in [0.2, 0.25) is 5.88 Å². The van der Waals surface area contributed by atoms with Gasteiger partial charge in [0.1, 0.15) is 23.1 Å². The molecule has 2 rings (SSSR count). The molecule has 1 unspecified atom stereocenters. The fourth-order valence-electron chi connectivity index (χ4n) is 4.42. The number of terminal acetylenes is 1. The molecule has 0 bridgehead atoms. The lowest BCUT2D eigenvalue weighted by molar-refractivity contribution is 0.0706. The van der Waals surface area contributed by atoms with Crippen LogP contribution in [-0.2, 0) is 10.2 Å². The normalized spacial score (nSPS) is 17.6. The third kappa shape index (κ3) is 8.39. The Bertz CT molecular complexity index is 1120. The van der Waals surface area contributed by atoms with Crippen molar-refractivity contribution in [1.29, 1.82) is 0 Å². The molecule has 1 aromatic heterocycles. The fraction of sp³-hybridized carbons (Fsp3) is 0.536. The minimum absolute atomic E-state index is 0.0153. The second-order valence-electron chi connectivity index (χ2n) is 9.85. The third-order valence-corrected chi connectivity index (χ3v) is 6.42. The van der Waals surface area contributed by atoms with Crippen LogP contribution in [0.3, 0.4) is 0 Å². The maximum atomic E-state index is 14.5. The summed E-state index contributed by atoms with van der Waals surface area (Å²) < 4.78 is 39.9. The Labute approximate surface area is 218 Å². The molecule has 202 valence electrons. The summed E-state index contributed by atoms with van der Waals surface area (Å²) in [5.41, 5.74) is -1.37. The van der Waals surface area contributed by atoms with E-state index in [0.29, 0.717) is 11.8 Å². The summed E-state index contributed by atoms with van der Waals surface area (Å²) in [5, 5.41) is 17.4. The van der Waals surface area contributed by atoms with Gasteiger partial charge in [0.25, 0.3) is 5.89 Å². The first-order chi connectivity index (χ1) is 17.4. The smallest absolute Gasteiger partial charge is 0.272 e. The van der Waals surface area contributed by atoms with Crippen molar-refractivity contribution < 1.29 is 23.1 Å². The third-order valence-electron chi connectivity index (χ3n) is 6.42. The highest BCUT2D eigenvalue weighted by Gasteiger charge is 2.36. The maximum Gasteiger partial charge on any atom is 0.272 e. The van der Waals surface area contributed by atoms with Crippen LogP contribution in [0.4, 0.5) is 8.78 Å². The minimum Gasteiger partial charge on any atom is -0.493 e. The van der Waals surface area contributed by atoms with Crippen LogP contribution in [0, 0.1) is 24.2 Å². The van der Waals surface area contributed by atoms with Crippen LogP contribution in [0.25, 0.3) is 0 Å². The van der Waals surface area contributed by atoms with Gasteiger partial charge >= 0.3 is 0 Å². The number of hydrogen-bond donors (Lipinski definition) is 2. The summed E-state index contributed by atoms with van der Waals surface area (Å²) in [6.07, 6.45) is 11.8. The van der Waals surface area contributed by atoms with Crippen molar-refractivity contribution in [2.45, 2.75) is 71.8 Å². The largest absolute Gasteiger partial charge is 0.493 e. The van der Waals surface area contributed by atoms with Gasteiger partial charge in [-0.2, -0.15) is 4.98 Å². The van der Waals surface area contributed by atoms with Gasteiger partial charge in [0.05, 0.1) is 11.5 Å². The van der Waals surface area contributed by atoms with Gasteiger partial charge in [0.15, 0.2) is 5.82 Å². The average molecular weight is 517 g/mol. The second kappa shape index (κ2) is 13.3. The van der Waals surface area contributed by atoms with Crippen molar-refractivity contribution in [3.8, 4) is 12.3 Å². The number of aliphatic imine (C=N–C) groups is 1. The lowest BCUT2D eigenvalue weighted by Crippen LogP contribution is -2.24. The maximum absolute atomic E-state index is 14.5. The predicted molar refractivity (Wildman–Crippen MR) is 141 cm³/mol. The Morgan fingerprint density at radius 2 is 2.08 bits per heavy atom. The number of aliphatic hydroxyl groups is 1. The molecule has 0 amide bonds. The molecule has 1 aliphatic carbocycles. The highest BCUT2D eigenvalue weighted by Crippen LogP contribution is 2.42. The van der Waals surface area contributed by atoms with E-state index in [1.807, 2.05) is 19.9 Å². The molecule has 1 aromatic rings. The zero-order valence-electron chi connectivity index (χ0n) is 22.6. The van der Waals surface area contributed by atoms with E-state index in [9.17, 15) is 13.9 Å². The van der Waals surface area contributed by atoms with Crippen molar-refractivity contribution in [2.24, 2.45) is 16.8 Å². The Hall–Kier alpha value is -3.25. The number of halogens is 2. The van der Waals surface area contributed by atoms with E-state index in [1.165, 1.54) is 18.9 Å². The first kappa shape index (κ1) is 30.0. The van der Waals surface area contributed by atoms with Crippen LogP contribution in [0.1, 0.15) is 72.0 Å². The van der Waals surface area contributed by atoms with Crippen molar-refractivity contribution in [1.82, 2.24) is 15.5 Å². The Balaban J connectivity index is 2.13. The molecule has 0 radical (unpaired) electrons. The lowest BCUT2D eigenvalue weighted by atomic mass is 9.82. The van der Waals surface area contributed by atoms with Crippen molar-refractivity contribution >= 4 is 5.71 Å². The van der Waals surface area contributed by atoms with Crippen molar-refractivity contribution in [3.05, 3.63) is 59.3 Å². The molecule has 0 saturated heterocycles. The quantitative estimate of drug-likeness (QED) is 0.100. The van der Waals surface area contributed by atoms with E-state index >= 15 is 0 Å². The number of ether oxygens (including phenoxy) is 1. The molecule has 1 saturated carbocycles. The topological polar surface area (TPSA) is 92.8 Å². The standard InChI is InChI=1S/C28H38F2N4O3/c1-9-11-23(30)25(18(3)29)28(6,7)27-33-26(37-34-27)19(4)32-24(35)16-17(2)36-20(5)22(21-13-14-21)12-10-15-31-8/h1,11,16,20-22,31,35H,2,10,12-15H2,3-8H3/b23-11+,24-16+,25-18-,32-19+/t20-,22?/m0/s1. The minimum atomic E-state index is -1.29. The fourth-order valence-corrected chi connectivity index (χ4v) is 4.42. The number of aromatic nitrogens is 2. The molecule has 1 aliphatic rings. The van der Waals surface area contributed by atoms with E-state index in [0.717, 1.165) is 32.4 Å². The van der Waals surface area contributed by atoms with Crippen LogP contribution in [0.5, 0.6) is 0 Å². The van der Waals surface area contributed by atoms with Gasteiger partial charge in [-0.25, -0.2) is 13.8 Å². The summed E-state index contributed by atoms with van der Waals surface area (Å²) in [4.78, 5) is 8.32. The molecule has 1 fully saturated rings. The van der Waals surface area contributed by atoms with Crippen LogP contribution in [-0.4, -0.2) is 40.7 Å². The van der Waals surface area contributed by atoms with Gasteiger partial charge in [0, 0.05) is 17.7 Å². The Morgan fingerprint density at radius 1 is 1.41 bits per heavy atom. The monoisotopic (exact) mass is 516 g/mol. The number of nitrogens with zero attached hydrogens (tertiary/aromatic N) is 3. The molecule has 37 heavy (non-hydrogen) atoms. The number of rotatable bonds is 14. The molecule has 1 heterocycles. The van der Waals surface area contributed by atoms with Gasteiger partial charge in [-0.05, 0) is 85.7 Å². The van der Waals surface area contributed by atoms with Crippen LogP contribution in [0.2, 0.25) is 0 Å². The van der Waals surface area contributed by atoms with E-state index in [1.54, 1.807) is 20.8 Å². The molecule has 7 nitrogen and oxygen atoms in total. The van der Waals surface area contributed by atoms with E-state index in [2.05, 4.69) is 27.0 Å². The first-order valence-corrected chi connectivity index (χ1v) is 12.4. The number of allylic oxidation sites excluding steroid dienone is 5. The molecule has 2 atom stereocenters. The van der Waals surface area contributed by atoms with Gasteiger partial charge in [-0.15, -0.1) is 6.42 Å². The molecular weight excluding hydrogens is 478 g/mol. The summed E-state index contributed by atoms with van der Waals surface area (Å²) in [7, 11) is 1.94. The summed E-state index contributed by atoms with van der Waals surface area (Å²) in [6.45, 7) is 12.7. The van der Waals surface area contributed by atoms with Crippen LogP contribution < -0.4 is 5.32 Å². The van der Waals surface area contributed by atoms with E-state index in [4.69, 9.17) is 15.7 Å². The SMILES string of the molecule is C#C/C=C(F)\C(=C(/C)F)C(C)(C)c1noc(/C(C)=N/C(O)=C\C(=C)O[C@@H](C)C(CCCNC)C2CC2)n1. The van der Waals surface area contributed by atoms with E-state index in [-0.39, 0.29) is 40.7 Å².